The third-order valence-electron chi connectivity index (χ3n) is 5.31. The number of anilines is 1. The van der Waals surface area contributed by atoms with E-state index in [-0.39, 0.29) is 10.8 Å². The molecule has 28 heavy (non-hydrogen) atoms. The predicted molar refractivity (Wildman–Crippen MR) is 110 cm³/mol. The highest BCUT2D eigenvalue weighted by molar-refractivity contribution is 7.89. The molecule has 0 saturated heterocycles. The summed E-state index contributed by atoms with van der Waals surface area (Å²) in [6, 6.07) is 13.1. The molecule has 1 aromatic heterocycles. The number of rotatable bonds is 5. The Kier molecular flexibility index (Phi) is 4.72. The highest BCUT2D eigenvalue weighted by atomic mass is 32.2. The zero-order valence-corrected chi connectivity index (χ0v) is 16.8. The van der Waals surface area contributed by atoms with Gasteiger partial charge < -0.3 is 9.88 Å². The number of hydrogen-bond donors (Lipinski definition) is 1. The van der Waals surface area contributed by atoms with Crippen molar-refractivity contribution >= 4 is 32.5 Å². The first kappa shape index (κ1) is 18.7. The highest BCUT2D eigenvalue weighted by Gasteiger charge is 2.27. The van der Waals surface area contributed by atoms with Crippen LogP contribution < -0.4 is 4.90 Å². The quantitative estimate of drug-likeness (QED) is 0.719. The van der Waals surface area contributed by atoms with E-state index >= 15 is 0 Å². The minimum absolute atomic E-state index is 0.0623. The molecule has 0 fully saturated rings. The highest BCUT2D eigenvalue weighted by Crippen LogP contribution is 2.31. The molecule has 4 rings (SSSR count). The lowest BCUT2D eigenvalue weighted by Crippen LogP contribution is -2.29. The Bertz CT molecular complexity index is 1150. The number of aryl methyl sites for hydroxylation is 1. The number of nitrogens with zero attached hydrogens (tertiary/aromatic N) is 2. The van der Waals surface area contributed by atoms with Gasteiger partial charge in [-0.05, 0) is 48.2 Å². The number of hydrogen-bond acceptors (Lipinski definition) is 3. The van der Waals surface area contributed by atoms with Gasteiger partial charge in [0.05, 0.1) is 4.90 Å². The number of fused-ring (bicyclic) bond motifs is 2. The Labute approximate surface area is 164 Å². The minimum Gasteiger partial charge on any atom is -0.361 e. The normalized spacial score (nSPS) is 14.0. The molecular weight excluding hydrogens is 374 g/mol. The second-order valence-corrected chi connectivity index (χ2v) is 9.38. The van der Waals surface area contributed by atoms with Crippen LogP contribution in [0.2, 0.25) is 0 Å². The van der Waals surface area contributed by atoms with Crippen LogP contribution in [0, 0.1) is 0 Å². The van der Waals surface area contributed by atoms with E-state index in [4.69, 9.17) is 0 Å². The first-order valence-electron chi connectivity index (χ1n) is 9.29. The largest absolute Gasteiger partial charge is 0.361 e. The number of H-pyrrole nitrogens is 1. The maximum absolute atomic E-state index is 12.8. The lowest BCUT2D eigenvalue weighted by Gasteiger charge is -2.18. The van der Waals surface area contributed by atoms with E-state index in [2.05, 4.69) is 11.1 Å². The van der Waals surface area contributed by atoms with Crippen LogP contribution in [-0.4, -0.2) is 44.3 Å². The Morgan fingerprint density at radius 2 is 1.96 bits per heavy atom. The van der Waals surface area contributed by atoms with Crippen LogP contribution in [0.1, 0.15) is 17.5 Å². The monoisotopic (exact) mass is 397 g/mol. The Morgan fingerprint density at radius 1 is 1.18 bits per heavy atom. The summed E-state index contributed by atoms with van der Waals surface area (Å²) in [5.41, 5.74) is 3.94. The second-order valence-electron chi connectivity index (χ2n) is 7.23. The van der Waals surface area contributed by atoms with E-state index in [0.29, 0.717) is 25.8 Å². The van der Waals surface area contributed by atoms with Gasteiger partial charge in [-0.1, -0.05) is 18.2 Å². The maximum atomic E-state index is 12.8. The minimum atomic E-state index is -3.47. The van der Waals surface area contributed by atoms with Crippen molar-refractivity contribution < 1.29 is 13.2 Å². The molecule has 1 aliphatic rings. The summed E-state index contributed by atoms with van der Waals surface area (Å²) in [5, 5.41) is 1.15. The third-order valence-corrected chi connectivity index (χ3v) is 7.12. The molecule has 6 nitrogen and oxygen atoms in total. The number of nitrogens with one attached hydrogen (secondary N) is 1. The third kappa shape index (κ3) is 3.21. The molecule has 0 aliphatic carbocycles. The molecule has 146 valence electrons. The van der Waals surface area contributed by atoms with Gasteiger partial charge in [0.2, 0.25) is 15.9 Å². The van der Waals surface area contributed by atoms with E-state index in [0.717, 1.165) is 27.7 Å². The lowest BCUT2D eigenvalue weighted by molar-refractivity contribution is -0.118. The molecule has 0 saturated carbocycles. The number of sulfonamides is 1. The van der Waals surface area contributed by atoms with Crippen molar-refractivity contribution in [2.75, 3.05) is 25.5 Å². The number of carbonyl (C=O) groups excluding carboxylic acids is 1. The molecule has 1 amide bonds. The fourth-order valence-corrected chi connectivity index (χ4v) is 4.68. The molecule has 0 atom stereocenters. The van der Waals surface area contributed by atoms with Gasteiger partial charge in [-0.2, -0.15) is 0 Å². The zero-order valence-electron chi connectivity index (χ0n) is 16.0. The van der Waals surface area contributed by atoms with Crippen molar-refractivity contribution in [1.82, 2.24) is 9.29 Å². The van der Waals surface area contributed by atoms with Gasteiger partial charge in [-0.3, -0.25) is 4.79 Å². The number of para-hydroxylation sites is 1. The van der Waals surface area contributed by atoms with Crippen LogP contribution in [-0.2, 0) is 27.7 Å². The second kappa shape index (κ2) is 7.07. The molecule has 0 bridgehead atoms. The van der Waals surface area contributed by atoms with Crippen molar-refractivity contribution in [3.8, 4) is 0 Å². The van der Waals surface area contributed by atoms with Gasteiger partial charge in [0.1, 0.15) is 0 Å². The van der Waals surface area contributed by atoms with Crippen LogP contribution in [0.4, 0.5) is 5.69 Å². The van der Waals surface area contributed by atoms with E-state index in [1.807, 2.05) is 24.4 Å². The molecule has 7 heteroatoms. The number of carbonyl (C=O) groups is 1. The molecular formula is C21H23N3O3S. The number of benzene rings is 2. The van der Waals surface area contributed by atoms with Crippen molar-refractivity contribution in [3.63, 3.8) is 0 Å². The SMILES string of the molecule is CN(C)S(=O)(=O)c1ccc2c(c1)CCN2C(=O)CCc1c[nH]c2ccccc12. The summed E-state index contributed by atoms with van der Waals surface area (Å²) in [6.45, 7) is 0.591. The predicted octanol–water partition coefficient (Wildman–Crippen LogP) is 2.94. The Hall–Kier alpha value is -2.64. The van der Waals surface area contributed by atoms with Crippen molar-refractivity contribution in [3.05, 3.63) is 59.8 Å². The van der Waals surface area contributed by atoms with Gasteiger partial charge in [-0.25, -0.2) is 12.7 Å². The number of aromatic amines is 1. The first-order valence-corrected chi connectivity index (χ1v) is 10.7. The molecule has 1 N–H and O–H groups in total. The van der Waals surface area contributed by atoms with Crippen molar-refractivity contribution in [2.45, 2.75) is 24.2 Å². The molecule has 2 heterocycles. The van der Waals surface area contributed by atoms with Gasteiger partial charge in [0.25, 0.3) is 0 Å². The van der Waals surface area contributed by atoms with Gasteiger partial charge in [0.15, 0.2) is 0 Å². The summed E-state index contributed by atoms with van der Waals surface area (Å²) >= 11 is 0. The van der Waals surface area contributed by atoms with Crippen molar-refractivity contribution in [1.29, 1.82) is 0 Å². The molecule has 3 aromatic rings. The lowest BCUT2D eigenvalue weighted by atomic mass is 10.1. The topological polar surface area (TPSA) is 73.5 Å². The first-order chi connectivity index (χ1) is 13.4. The summed E-state index contributed by atoms with van der Waals surface area (Å²) in [7, 11) is -0.436. The van der Waals surface area contributed by atoms with Crippen molar-refractivity contribution in [2.24, 2.45) is 0 Å². The molecule has 0 spiro atoms. The van der Waals surface area contributed by atoms with Crippen LogP contribution in [0.15, 0.2) is 53.6 Å². The number of amides is 1. The Morgan fingerprint density at radius 3 is 2.75 bits per heavy atom. The van der Waals surface area contributed by atoms with E-state index < -0.39 is 10.0 Å². The summed E-state index contributed by atoms with van der Waals surface area (Å²) < 4.78 is 25.9. The smallest absolute Gasteiger partial charge is 0.242 e. The van der Waals surface area contributed by atoms with Gasteiger partial charge in [-0.15, -0.1) is 0 Å². The fourth-order valence-electron chi connectivity index (χ4n) is 3.72. The summed E-state index contributed by atoms with van der Waals surface area (Å²) in [4.78, 5) is 18.1. The maximum Gasteiger partial charge on any atom is 0.242 e. The van der Waals surface area contributed by atoms with Gasteiger partial charge in [0, 0.05) is 49.8 Å². The zero-order chi connectivity index (χ0) is 19.9. The van der Waals surface area contributed by atoms with E-state index in [1.165, 1.54) is 18.4 Å². The average Bonchev–Trinajstić information content (AvgIpc) is 3.29. The van der Waals surface area contributed by atoms with Gasteiger partial charge >= 0.3 is 0 Å². The van der Waals surface area contributed by atoms with Crippen LogP contribution in [0.25, 0.3) is 10.9 Å². The molecule has 0 unspecified atom stereocenters. The van der Waals surface area contributed by atoms with Crippen LogP contribution >= 0.6 is 0 Å². The van der Waals surface area contributed by atoms with E-state index in [1.54, 1.807) is 23.1 Å². The van der Waals surface area contributed by atoms with E-state index in [9.17, 15) is 13.2 Å². The molecule has 0 radical (unpaired) electrons. The Balaban J connectivity index is 1.50. The summed E-state index contributed by atoms with van der Waals surface area (Å²) in [6.07, 6.45) is 3.72. The van der Waals surface area contributed by atoms with Crippen LogP contribution in [0.5, 0.6) is 0 Å². The molecule has 2 aromatic carbocycles. The molecule has 1 aliphatic heterocycles. The van der Waals surface area contributed by atoms with Crippen LogP contribution in [0.3, 0.4) is 0 Å². The average molecular weight is 398 g/mol. The fraction of sp³-hybridized carbons (Fsp3) is 0.286. The summed E-state index contributed by atoms with van der Waals surface area (Å²) in [5.74, 6) is 0.0623. The standard InChI is InChI=1S/C21H23N3O3S/c1-23(2)28(26,27)17-8-9-20-15(13-17)11-12-24(20)21(25)10-7-16-14-22-19-6-4-3-5-18(16)19/h3-6,8-9,13-14,22H,7,10-12H2,1-2H3. The number of aromatic nitrogens is 1.